The summed E-state index contributed by atoms with van der Waals surface area (Å²) in [4.78, 5) is 3.13. The van der Waals surface area contributed by atoms with E-state index in [1.807, 2.05) is 0 Å². The predicted octanol–water partition coefficient (Wildman–Crippen LogP) is 9.64. The standard InChI is InChI=1S/C29H19F10NO/c30-20-12-8-17(9-13-20)22-21(15-41-14-16-4-2-1-3-5-16)26(29(37,38)39)40-25(27(32)33)23(22)24(31)18-6-10-19(11-7-18)28(34,35)36/h1-13,24,27H,14-15H2. The number of hydrogen-bond acceptors (Lipinski definition) is 2. The highest BCUT2D eigenvalue weighted by Gasteiger charge is 2.41. The Morgan fingerprint density at radius 2 is 1.32 bits per heavy atom. The fourth-order valence-electron chi connectivity index (χ4n) is 4.25. The summed E-state index contributed by atoms with van der Waals surface area (Å²) in [6.07, 6.45) is -16.4. The fraction of sp³-hybridized carbons (Fsp3) is 0.207. The van der Waals surface area contributed by atoms with Crippen LogP contribution in [0.2, 0.25) is 0 Å². The van der Waals surface area contributed by atoms with Crippen molar-refractivity contribution in [2.45, 2.75) is 38.2 Å². The van der Waals surface area contributed by atoms with Crippen molar-refractivity contribution in [1.29, 1.82) is 0 Å². The minimum atomic E-state index is -5.29. The second-order valence-electron chi connectivity index (χ2n) is 8.88. The van der Waals surface area contributed by atoms with E-state index in [2.05, 4.69) is 4.98 Å². The molecule has 0 saturated heterocycles. The summed E-state index contributed by atoms with van der Waals surface area (Å²) in [5, 5.41) is 0. The number of halogens is 10. The van der Waals surface area contributed by atoms with Crippen LogP contribution in [0.25, 0.3) is 11.1 Å². The molecule has 0 N–H and O–H groups in total. The van der Waals surface area contributed by atoms with Gasteiger partial charge in [-0.25, -0.2) is 22.5 Å². The molecule has 3 aromatic carbocycles. The Morgan fingerprint density at radius 1 is 0.707 bits per heavy atom. The molecule has 0 aliphatic rings. The maximum Gasteiger partial charge on any atom is 0.433 e. The Kier molecular flexibility index (Phi) is 8.71. The number of rotatable bonds is 8. The molecule has 41 heavy (non-hydrogen) atoms. The first-order chi connectivity index (χ1) is 19.3. The van der Waals surface area contributed by atoms with Gasteiger partial charge in [0.15, 0.2) is 11.9 Å². The first-order valence-corrected chi connectivity index (χ1v) is 11.9. The molecule has 0 fully saturated rings. The van der Waals surface area contributed by atoms with E-state index >= 15 is 4.39 Å². The molecule has 0 bridgehead atoms. The maximum absolute atomic E-state index is 16.1. The summed E-state index contributed by atoms with van der Waals surface area (Å²) in [7, 11) is 0. The number of benzene rings is 3. The van der Waals surface area contributed by atoms with Gasteiger partial charge in [0.2, 0.25) is 0 Å². The first kappa shape index (κ1) is 30.0. The average molecular weight is 587 g/mol. The molecule has 1 heterocycles. The number of ether oxygens (including phenoxy) is 1. The van der Waals surface area contributed by atoms with E-state index in [9.17, 15) is 39.5 Å². The highest BCUT2D eigenvalue weighted by atomic mass is 19.4. The van der Waals surface area contributed by atoms with Crippen LogP contribution >= 0.6 is 0 Å². The van der Waals surface area contributed by atoms with E-state index in [4.69, 9.17) is 4.74 Å². The minimum Gasteiger partial charge on any atom is -0.372 e. The minimum absolute atomic E-state index is 0.203. The Labute approximate surface area is 227 Å². The van der Waals surface area contributed by atoms with Gasteiger partial charge in [-0.3, -0.25) is 0 Å². The smallest absolute Gasteiger partial charge is 0.372 e. The van der Waals surface area contributed by atoms with Crippen molar-refractivity contribution in [3.63, 3.8) is 0 Å². The molecule has 1 unspecified atom stereocenters. The highest BCUT2D eigenvalue weighted by Crippen LogP contribution is 2.46. The number of hydrogen-bond donors (Lipinski definition) is 0. The number of aromatic nitrogens is 1. The summed E-state index contributed by atoms with van der Waals surface area (Å²) in [5.74, 6) is -0.809. The monoisotopic (exact) mass is 587 g/mol. The lowest BCUT2D eigenvalue weighted by Crippen LogP contribution is -2.19. The molecule has 12 heteroatoms. The zero-order valence-electron chi connectivity index (χ0n) is 20.7. The quantitative estimate of drug-likeness (QED) is 0.192. The van der Waals surface area contributed by atoms with Crippen LogP contribution in [0.1, 0.15) is 51.8 Å². The van der Waals surface area contributed by atoms with E-state index in [1.54, 1.807) is 30.3 Å². The van der Waals surface area contributed by atoms with Crippen molar-refractivity contribution in [2.24, 2.45) is 0 Å². The van der Waals surface area contributed by atoms with Crippen molar-refractivity contribution >= 4 is 0 Å². The average Bonchev–Trinajstić information content (AvgIpc) is 2.92. The van der Waals surface area contributed by atoms with Gasteiger partial charge in [-0.15, -0.1) is 0 Å². The summed E-state index contributed by atoms with van der Waals surface area (Å²) >= 11 is 0. The topological polar surface area (TPSA) is 22.1 Å². The van der Waals surface area contributed by atoms with E-state index in [-0.39, 0.29) is 12.2 Å². The molecule has 0 radical (unpaired) electrons. The fourth-order valence-corrected chi connectivity index (χ4v) is 4.25. The van der Waals surface area contributed by atoms with Crippen LogP contribution < -0.4 is 0 Å². The number of pyridine rings is 1. The summed E-state index contributed by atoms with van der Waals surface area (Å²) in [6, 6.07) is 14.3. The molecule has 1 atom stereocenters. The van der Waals surface area contributed by atoms with Crippen molar-refractivity contribution < 1.29 is 48.6 Å². The van der Waals surface area contributed by atoms with Crippen LogP contribution in [0, 0.1) is 5.82 Å². The third-order valence-corrected chi connectivity index (χ3v) is 6.12. The number of alkyl halides is 9. The van der Waals surface area contributed by atoms with Gasteiger partial charge in [-0.1, -0.05) is 54.6 Å². The third-order valence-electron chi connectivity index (χ3n) is 6.12. The van der Waals surface area contributed by atoms with E-state index < -0.39 is 76.6 Å². The summed E-state index contributed by atoms with van der Waals surface area (Å²) in [5.41, 5.74) is -7.18. The molecule has 0 spiro atoms. The van der Waals surface area contributed by atoms with Gasteiger partial charge in [-0.05, 0) is 46.5 Å². The lowest BCUT2D eigenvalue weighted by molar-refractivity contribution is -0.143. The van der Waals surface area contributed by atoms with Gasteiger partial charge >= 0.3 is 12.4 Å². The highest BCUT2D eigenvalue weighted by molar-refractivity contribution is 5.74. The molecular formula is C29H19F10NO. The zero-order valence-corrected chi connectivity index (χ0v) is 20.7. The molecule has 0 amide bonds. The van der Waals surface area contributed by atoms with Crippen LogP contribution in [-0.4, -0.2) is 4.98 Å². The Balaban J connectivity index is 1.96. The molecule has 0 aliphatic heterocycles. The van der Waals surface area contributed by atoms with Gasteiger partial charge in [0.25, 0.3) is 6.43 Å². The van der Waals surface area contributed by atoms with E-state index in [1.165, 1.54) is 0 Å². The van der Waals surface area contributed by atoms with Crippen LogP contribution in [-0.2, 0) is 30.3 Å². The van der Waals surface area contributed by atoms with E-state index in [0.29, 0.717) is 29.8 Å². The number of nitrogens with zero attached hydrogens (tertiary/aromatic N) is 1. The van der Waals surface area contributed by atoms with Gasteiger partial charge in [0, 0.05) is 11.1 Å². The van der Waals surface area contributed by atoms with Gasteiger partial charge in [-0.2, -0.15) is 26.3 Å². The first-order valence-electron chi connectivity index (χ1n) is 11.9. The lowest BCUT2D eigenvalue weighted by Gasteiger charge is -2.25. The lowest BCUT2D eigenvalue weighted by atomic mass is 9.87. The second kappa shape index (κ2) is 11.9. The molecule has 216 valence electrons. The van der Waals surface area contributed by atoms with Crippen LogP contribution in [0.15, 0.2) is 78.9 Å². The van der Waals surface area contributed by atoms with Gasteiger partial charge in [0.05, 0.1) is 18.8 Å². The summed E-state index contributed by atoms with van der Waals surface area (Å²) in [6.45, 7) is -1.06. The van der Waals surface area contributed by atoms with Gasteiger partial charge < -0.3 is 4.74 Å². The van der Waals surface area contributed by atoms with Crippen LogP contribution in [0.3, 0.4) is 0 Å². The molecule has 4 rings (SSSR count). The second-order valence-corrected chi connectivity index (χ2v) is 8.88. The molecular weight excluding hydrogens is 568 g/mol. The maximum atomic E-state index is 16.1. The normalized spacial score (nSPS) is 13.0. The van der Waals surface area contributed by atoms with E-state index in [0.717, 1.165) is 24.3 Å². The van der Waals surface area contributed by atoms with Crippen molar-refractivity contribution in [1.82, 2.24) is 4.98 Å². The summed E-state index contributed by atoms with van der Waals surface area (Å²) < 4.78 is 145. The molecule has 4 aromatic rings. The van der Waals surface area contributed by atoms with Crippen molar-refractivity contribution in [3.8, 4) is 11.1 Å². The largest absolute Gasteiger partial charge is 0.433 e. The Hall–Kier alpha value is -3.93. The Morgan fingerprint density at radius 3 is 1.85 bits per heavy atom. The third kappa shape index (κ3) is 6.87. The van der Waals surface area contributed by atoms with Crippen LogP contribution in [0.4, 0.5) is 43.9 Å². The van der Waals surface area contributed by atoms with Crippen molar-refractivity contribution in [2.75, 3.05) is 0 Å². The SMILES string of the molecule is Fc1ccc(-c2c(COCc3ccccc3)c(C(F)(F)F)nc(C(F)F)c2C(F)c2ccc(C(F)(F)F)cc2)cc1. The molecule has 0 saturated carbocycles. The zero-order chi connectivity index (χ0) is 29.9. The predicted molar refractivity (Wildman–Crippen MR) is 129 cm³/mol. The van der Waals surface area contributed by atoms with Crippen molar-refractivity contribution in [3.05, 3.63) is 124 Å². The van der Waals surface area contributed by atoms with Gasteiger partial charge in [0.1, 0.15) is 11.5 Å². The van der Waals surface area contributed by atoms with Crippen LogP contribution in [0.5, 0.6) is 0 Å². The molecule has 2 nitrogen and oxygen atoms in total. The molecule has 0 aliphatic carbocycles. The Bertz CT molecular complexity index is 1470. The molecule has 1 aromatic heterocycles.